The van der Waals surface area contributed by atoms with Crippen molar-refractivity contribution in [2.24, 2.45) is 23.2 Å². The van der Waals surface area contributed by atoms with Crippen molar-refractivity contribution in [1.82, 2.24) is 15.5 Å². The lowest BCUT2D eigenvalue weighted by atomic mass is 9.48. The molecular weight excluding hydrogens is 390 g/mol. The molecule has 6 nitrogen and oxygen atoms in total. The first kappa shape index (κ1) is 20.5. The molecule has 1 saturated heterocycles. The van der Waals surface area contributed by atoms with Crippen LogP contribution in [-0.2, 0) is 15.1 Å². The number of imide groups is 1. The SMILES string of the molecule is CCC1(c2ccccc2)NC(=O)N(CC(=O)NC(C)C23CC4CC(CC(C4)C2)C3)C1=O. The van der Waals surface area contributed by atoms with E-state index in [1.165, 1.54) is 38.5 Å². The largest absolute Gasteiger partial charge is 0.352 e. The van der Waals surface area contributed by atoms with E-state index < -0.39 is 11.6 Å². The number of carbonyl (C=O) groups is 3. The number of rotatable bonds is 6. The number of hydrogen-bond acceptors (Lipinski definition) is 3. The Morgan fingerprint density at radius 2 is 1.68 bits per heavy atom. The van der Waals surface area contributed by atoms with Gasteiger partial charge >= 0.3 is 6.03 Å². The number of nitrogens with one attached hydrogen (secondary N) is 2. The Kier molecular flexibility index (Phi) is 4.87. The quantitative estimate of drug-likeness (QED) is 0.687. The zero-order chi connectivity index (χ0) is 21.8. The minimum atomic E-state index is -1.09. The fourth-order valence-corrected chi connectivity index (χ4v) is 7.42. The Morgan fingerprint density at radius 3 is 2.23 bits per heavy atom. The third-order valence-electron chi connectivity index (χ3n) is 8.66. The zero-order valence-electron chi connectivity index (χ0n) is 18.5. The smallest absolute Gasteiger partial charge is 0.325 e. The third kappa shape index (κ3) is 3.26. The summed E-state index contributed by atoms with van der Waals surface area (Å²) in [6.45, 7) is 3.77. The van der Waals surface area contributed by atoms with Gasteiger partial charge in [0.1, 0.15) is 12.1 Å². The van der Waals surface area contributed by atoms with E-state index in [0.29, 0.717) is 6.42 Å². The standard InChI is InChI=1S/C25H33N3O3/c1-3-25(20-7-5-4-6-8-20)22(30)28(23(31)27-25)15-21(29)26-16(2)24-12-17-9-18(13-24)11-19(10-17)14-24/h4-8,16-19H,3,9-15H2,1-2H3,(H,26,29)(H,27,31). The highest BCUT2D eigenvalue weighted by molar-refractivity contribution is 6.09. The topological polar surface area (TPSA) is 78.5 Å². The van der Waals surface area contributed by atoms with Gasteiger partial charge in [-0.1, -0.05) is 37.3 Å². The summed E-state index contributed by atoms with van der Waals surface area (Å²) in [4.78, 5) is 40.0. The minimum Gasteiger partial charge on any atom is -0.352 e. The van der Waals surface area contributed by atoms with E-state index >= 15 is 0 Å². The molecule has 6 rings (SSSR count). The first-order valence-corrected chi connectivity index (χ1v) is 11.8. The van der Waals surface area contributed by atoms with E-state index in [1.54, 1.807) is 0 Å². The molecule has 4 aliphatic carbocycles. The van der Waals surface area contributed by atoms with Gasteiger partial charge in [0, 0.05) is 6.04 Å². The van der Waals surface area contributed by atoms with Crippen LogP contribution in [0.4, 0.5) is 4.79 Å². The maximum Gasteiger partial charge on any atom is 0.325 e. The Labute approximate surface area is 184 Å². The van der Waals surface area contributed by atoms with Crippen LogP contribution >= 0.6 is 0 Å². The summed E-state index contributed by atoms with van der Waals surface area (Å²) in [7, 11) is 0. The van der Waals surface area contributed by atoms with Crippen molar-refractivity contribution in [1.29, 1.82) is 0 Å². The van der Waals surface area contributed by atoms with Crippen molar-refractivity contribution < 1.29 is 14.4 Å². The van der Waals surface area contributed by atoms with Gasteiger partial charge in [-0.05, 0) is 80.6 Å². The molecule has 0 aromatic heterocycles. The van der Waals surface area contributed by atoms with Crippen molar-refractivity contribution in [2.45, 2.75) is 70.4 Å². The lowest BCUT2D eigenvalue weighted by Gasteiger charge is -2.59. The second-order valence-corrected chi connectivity index (χ2v) is 10.5. The lowest BCUT2D eigenvalue weighted by Crippen LogP contribution is -2.57. The van der Waals surface area contributed by atoms with Crippen LogP contribution in [-0.4, -0.2) is 35.3 Å². The zero-order valence-corrected chi connectivity index (χ0v) is 18.5. The molecule has 2 atom stereocenters. The van der Waals surface area contributed by atoms with Crippen LogP contribution in [0.25, 0.3) is 0 Å². The Morgan fingerprint density at radius 1 is 1.10 bits per heavy atom. The van der Waals surface area contributed by atoms with Gasteiger partial charge in [0.05, 0.1) is 0 Å². The molecule has 1 aromatic carbocycles. The highest BCUT2D eigenvalue weighted by Gasteiger charge is 2.54. The van der Waals surface area contributed by atoms with Crippen molar-refractivity contribution in [3.8, 4) is 0 Å². The molecule has 2 unspecified atom stereocenters. The molecule has 5 aliphatic rings. The molecule has 166 valence electrons. The molecule has 2 N–H and O–H groups in total. The summed E-state index contributed by atoms with van der Waals surface area (Å²) in [5.41, 5.74) is -0.149. The van der Waals surface area contributed by atoms with Gasteiger partial charge < -0.3 is 10.6 Å². The third-order valence-corrected chi connectivity index (χ3v) is 8.66. The van der Waals surface area contributed by atoms with Crippen molar-refractivity contribution in [2.75, 3.05) is 6.54 Å². The monoisotopic (exact) mass is 423 g/mol. The maximum atomic E-state index is 13.3. The van der Waals surface area contributed by atoms with Gasteiger partial charge in [0.2, 0.25) is 5.91 Å². The molecule has 4 saturated carbocycles. The predicted octanol–water partition coefficient (Wildman–Crippen LogP) is 3.56. The van der Waals surface area contributed by atoms with Gasteiger partial charge in [0.25, 0.3) is 5.91 Å². The van der Waals surface area contributed by atoms with Crippen LogP contribution in [0, 0.1) is 23.2 Å². The van der Waals surface area contributed by atoms with E-state index in [0.717, 1.165) is 28.2 Å². The first-order chi connectivity index (χ1) is 14.8. The Bertz CT molecular complexity index is 863. The Hall–Kier alpha value is -2.37. The van der Waals surface area contributed by atoms with E-state index in [-0.39, 0.29) is 29.8 Å². The number of amides is 4. The number of urea groups is 1. The number of carbonyl (C=O) groups excluding carboxylic acids is 3. The summed E-state index contributed by atoms with van der Waals surface area (Å²) in [5, 5.41) is 6.04. The van der Waals surface area contributed by atoms with Gasteiger partial charge in [-0.15, -0.1) is 0 Å². The highest BCUT2D eigenvalue weighted by atomic mass is 16.2. The molecule has 1 aromatic rings. The van der Waals surface area contributed by atoms with Crippen LogP contribution in [0.15, 0.2) is 30.3 Å². The predicted molar refractivity (Wildman–Crippen MR) is 117 cm³/mol. The molecule has 0 radical (unpaired) electrons. The normalized spacial score (nSPS) is 37.1. The van der Waals surface area contributed by atoms with Crippen LogP contribution in [0.2, 0.25) is 0 Å². The van der Waals surface area contributed by atoms with Crippen LogP contribution < -0.4 is 10.6 Å². The molecule has 31 heavy (non-hydrogen) atoms. The summed E-state index contributed by atoms with van der Waals surface area (Å²) >= 11 is 0. The van der Waals surface area contributed by atoms with E-state index in [2.05, 4.69) is 17.6 Å². The summed E-state index contributed by atoms with van der Waals surface area (Å²) in [5.74, 6) is 1.85. The second kappa shape index (κ2) is 7.35. The number of benzene rings is 1. The molecule has 0 spiro atoms. The first-order valence-electron chi connectivity index (χ1n) is 11.8. The van der Waals surface area contributed by atoms with Gasteiger partial charge in [0.15, 0.2) is 0 Å². The molecular formula is C25H33N3O3. The fourth-order valence-electron chi connectivity index (χ4n) is 7.42. The molecule has 1 heterocycles. The van der Waals surface area contributed by atoms with Crippen molar-refractivity contribution >= 4 is 17.8 Å². The Balaban J connectivity index is 1.27. The van der Waals surface area contributed by atoms with Crippen LogP contribution in [0.1, 0.15) is 64.4 Å². The average Bonchev–Trinajstić information content (AvgIpc) is 2.98. The highest BCUT2D eigenvalue weighted by Crippen LogP contribution is 2.61. The summed E-state index contributed by atoms with van der Waals surface area (Å²) < 4.78 is 0. The molecule has 5 fully saturated rings. The maximum absolute atomic E-state index is 13.3. The minimum absolute atomic E-state index is 0.0687. The van der Waals surface area contributed by atoms with Crippen LogP contribution in [0.5, 0.6) is 0 Å². The van der Waals surface area contributed by atoms with E-state index in [1.807, 2.05) is 37.3 Å². The molecule has 4 amide bonds. The lowest BCUT2D eigenvalue weighted by molar-refractivity contribution is -0.136. The van der Waals surface area contributed by atoms with Gasteiger partial charge in [-0.3, -0.25) is 14.5 Å². The van der Waals surface area contributed by atoms with E-state index in [4.69, 9.17) is 0 Å². The average molecular weight is 424 g/mol. The molecule has 1 aliphatic heterocycles. The van der Waals surface area contributed by atoms with E-state index in [9.17, 15) is 14.4 Å². The summed E-state index contributed by atoms with van der Waals surface area (Å²) in [6, 6.07) is 8.86. The fraction of sp³-hybridized carbons (Fsp3) is 0.640. The van der Waals surface area contributed by atoms with Crippen molar-refractivity contribution in [3.05, 3.63) is 35.9 Å². The number of hydrogen-bond donors (Lipinski definition) is 2. The van der Waals surface area contributed by atoms with Crippen LogP contribution in [0.3, 0.4) is 0 Å². The second-order valence-electron chi connectivity index (χ2n) is 10.5. The van der Waals surface area contributed by atoms with Gasteiger partial charge in [-0.2, -0.15) is 0 Å². The van der Waals surface area contributed by atoms with Gasteiger partial charge in [-0.25, -0.2) is 4.79 Å². The summed E-state index contributed by atoms with van der Waals surface area (Å²) in [6.07, 6.45) is 8.13. The molecule has 6 heteroatoms. The number of nitrogens with zero attached hydrogens (tertiary/aromatic N) is 1. The van der Waals surface area contributed by atoms with Crippen molar-refractivity contribution in [3.63, 3.8) is 0 Å². The molecule has 4 bridgehead atoms.